The van der Waals surface area contributed by atoms with Crippen molar-refractivity contribution in [2.75, 3.05) is 5.32 Å². The number of hydrogen-bond acceptors (Lipinski definition) is 5. The van der Waals surface area contributed by atoms with Gasteiger partial charge in [0.15, 0.2) is 0 Å². The van der Waals surface area contributed by atoms with Gasteiger partial charge in [-0.25, -0.2) is 0 Å². The number of fused-ring (bicyclic) bond motifs is 3. The summed E-state index contributed by atoms with van der Waals surface area (Å²) in [6.45, 7) is 0.537. The van der Waals surface area contributed by atoms with Gasteiger partial charge in [-0.1, -0.05) is 127 Å². The van der Waals surface area contributed by atoms with Crippen molar-refractivity contribution in [1.82, 2.24) is 5.32 Å². The van der Waals surface area contributed by atoms with E-state index in [4.69, 9.17) is 10.7 Å². The Hall–Kier alpha value is -6.52. The van der Waals surface area contributed by atoms with Crippen LogP contribution in [0.15, 0.2) is 175 Å². The van der Waals surface area contributed by atoms with Crippen molar-refractivity contribution in [2.45, 2.75) is 12.7 Å². The smallest absolute Gasteiger partial charge is 0.130 e. The molecule has 0 aliphatic carbocycles. The zero-order chi connectivity index (χ0) is 35.3. The van der Waals surface area contributed by atoms with E-state index in [0.717, 1.165) is 50.6 Å². The predicted octanol–water partition coefficient (Wildman–Crippen LogP) is 11.2. The monoisotopic (exact) mass is 689 g/mol. The molecule has 8 aromatic rings. The Morgan fingerprint density at radius 2 is 1.40 bits per heavy atom. The number of thiophene rings is 1. The number of amidine groups is 1. The maximum Gasteiger partial charge on any atom is 0.130 e. The highest BCUT2D eigenvalue weighted by Crippen LogP contribution is 2.42. The summed E-state index contributed by atoms with van der Waals surface area (Å²) in [5.41, 5.74) is 16.5. The van der Waals surface area contributed by atoms with Crippen molar-refractivity contribution < 1.29 is 0 Å². The number of nitriles is 1. The average molecular weight is 690 g/mol. The van der Waals surface area contributed by atoms with Crippen molar-refractivity contribution in [3.05, 3.63) is 192 Å². The van der Waals surface area contributed by atoms with Gasteiger partial charge in [0.1, 0.15) is 12.0 Å². The zero-order valence-electron chi connectivity index (χ0n) is 28.3. The van der Waals surface area contributed by atoms with E-state index in [1.54, 1.807) is 0 Å². The maximum atomic E-state index is 9.75. The Morgan fingerprint density at radius 3 is 2.25 bits per heavy atom. The van der Waals surface area contributed by atoms with Crippen molar-refractivity contribution in [3.63, 3.8) is 0 Å². The number of aliphatic imine (C=N–C) groups is 1. The second-order valence-electron chi connectivity index (χ2n) is 12.6. The lowest BCUT2D eigenvalue weighted by Crippen LogP contribution is -2.34. The summed E-state index contributed by atoms with van der Waals surface area (Å²) < 4.78 is 2.54. The summed E-state index contributed by atoms with van der Waals surface area (Å²) in [6, 6.07) is 60.1. The summed E-state index contributed by atoms with van der Waals surface area (Å²) in [5, 5.41) is 19.4. The molecule has 1 atom stereocenters. The summed E-state index contributed by atoms with van der Waals surface area (Å²) in [5.74, 6) is 0.735. The number of rotatable bonds is 9. The molecule has 0 spiro atoms. The molecular formula is C46H35N5S. The molecule has 0 aliphatic rings. The fraction of sp³-hybridized carbons (Fsp3) is 0.0435. The van der Waals surface area contributed by atoms with Gasteiger partial charge in [0, 0.05) is 42.7 Å². The van der Waals surface area contributed by atoms with Crippen LogP contribution < -0.4 is 16.4 Å². The third kappa shape index (κ3) is 6.92. The topological polar surface area (TPSA) is 86.2 Å². The summed E-state index contributed by atoms with van der Waals surface area (Å²) >= 11 is 1.82. The third-order valence-electron chi connectivity index (χ3n) is 9.16. The van der Waals surface area contributed by atoms with Gasteiger partial charge in [-0.3, -0.25) is 4.99 Å². The first kappa shape index (κ1) is 32.7. The first-order chi connectivity index (χ1) is 25.6. The Bertz CT molecular complexity index is 2580. The largest absolute Gasteiger partial charge is 0.355 e. The van der Waals surface area contributed by atoms with Crippen LogP contribution in [0.1, 0.15) is 28.4 Å². The average Bonchev–Trinajstić information content (AvgIpc) is 3.59. The van der Waals surface area contributed by atoms with Crippen molar-refractivity contribution in [2.24, 2.45) is 10.7 Å². The van der Waals surface area contributed by atoms with Crippen LogP contribution in [0.2, 0.25) is 0 Å². The molecule has 52 heavy (non-hydrogen) atoms. The van der Waals surface area contributed by atoms with Gasteiger partial charge in [-0.05, 0) is 70.3 Å². The van der Waals surface area contributed by atoms with E-state index in [1.165, 1.54) is 25.7 Å². The number of anilines is 2. The van der Waals surface area contributed by atoms with Crippen LogP contribution in [0.25, 0.3) is 42.4 Å². The predicted molar refractivity (Wildman–Crippen MR) is 218 cm³/mol. The van der Waals surface area contributed by atoms with Crippen LogP contribution in [-0.2, 0) is 6.54 Å². The second kappa shape index (κ2) is 14.8. The van der Waals surface area contributed by atoms with Gasteiger partial charge in [0.25, 0.3) is 0 Å². The Labute approximate surface area is 307 Å². The van der Waals surface area contributed by atoms with E-state index in [9.17, 15) is 5.26 Å². The molecule has 1 unspecified atom stereocenters. The van der Waals surface area contributed by atoms with E-state index < -0.39 is 6.17 Å². The standard InChI is InChI=1S/C46H35N5S/c47-29-32-14-9-17-34(26-32)41-28-35(38-21-11-22-40-39-20-7-8-23-43(39)52-44(38)40)24-25-42(41)50-37-19-10-18-36(27-37)45(48)51-46(33-15-5-2-6-16-33)49-30-31-12-3-1-4-13-31/h1-28,45,50H,30,48H2,(H,49,51). The molecule has 1 aromatic heterocycles. The van der Waals surface area contributed by atoms with Crippen LogP contribution in [0.5, 0.6) is 0 Å². The molecular weight excluding hydrogens is 655 g/mol. The number of hydrogen-bond donors (Lipinski definition) is 3. The Morgan fingerprint density at radius 1 is 0.673 bits per heavy atom. The molecule has 0 radical (unpaired) electrons. The van der Waals surface area contributed by atoms with Crippen molar-refractivity contribution >= 4 is 48.7 Å². The molecule has 0 fully saturated rings. The molecule has 5 nitrogen and oxygen atoms in total. The molecule has 4 N–H and O–H groups in total. The number of nitrogens with two attached hydrogens (primary N) is 1. The van der Waals surface area contributed by atoms with E-state index in [0.29, 0.717) is 12.1 Å². The van der Waals surface area contributed by atoms with Crippen LogP contribution in [-0.4, -0.2) is 5.84 Å². The fourth-order valence-corrected chi connectivity index (χ4v) is 7.79. The fourth-order valence-electron chi connectivity index (χ4n) is 6.56. The molecule has 0 amide bonds. The van der Waals surface area contributed by atoms with Crippen LogP contribution in [0, 0.1) is 11.3 Å². The lowest BCUT2D eigenvalue weighted by Gasteiger charge is -2.20. The summed E-state index contributed by atoms with van der Waals surface area (Å²) in [4.78, 5) is 4.93. The van der Waals surface area contributed by atoms with Gasteiger partial charge in [-0.2, -0.15) is 5.26 Å². The summed E-state index contributed by atoms with van der Waals surface area (Å²) in [7, 11) is 0. The highest BCUT2D eigenvalue weighted by Gasteiger charge is 2.15. The minimum absolute atomic E-state index is 0.507. The van der Waals surface area contributed by atoms with E-state index >= 15 is 0 Å². The Balaban J connectivity index is 1.13. The maximum absolute atomic E-state index is 9.75. The van der Waals surface area contributed by atoms with Gasteiger partial charge in [0.2, 0.25) is 0 Å². The highest BCUT2D eigenvalue weighted by atomic mass is 32.1. The van der Waals surface area contributed by atoms with E-state index in [1.807, 2.05) is 96.3 Å². The lowest BCUT2D eigenvalue weighted by molar-refractivity contribution is 0.679. The molecule has 1 heterocycles. The molecule has 0 bridgehead atoms. The second-order valence-corrected chi connectivity index (χ2v) is 13.7. The first-order valence-electron chi connectivity index (χ1n) is 17.2. The van der Waals surface area contributed by atoms with Crippen molar-refractivity contribution in [1.29, 1.82) is 5.26 Å². The summed E-state index contributed by atoms with van der Waals surface area (Å²) in [6.07, 6.45) is -0.507. The molecule has 6 heteroatoms. The van der Waals surface area contributed by atoms with E-state index in [-0.39, 0.29) is 0 Å². The minimum Gasteiger partial charge on any atom is -0.355 e. The third-order valence-corrected chi connectivity index (χ3v) is 10.4. The van der Waals surface area contributed by atoms with Gasteiger partial charge in [0.05, 0.1) is 18.2 Å². The zero-order valence-corrected chi connectivity index (χ0v) is 29.1. The van der Waals surface area contributed by atoms with Gasteiger partial charge < -0.3 is 16.4 Å². The molecule has 0 aliphatic heterocycles. The highest BCUT2D eigenvalue weighted by molar-refractivity contribution is 7.26. The molecule has 0 saturated heterocycles. The number of nitrogens with one attached hydrogen (secondary N) is 2. The minimum atomic E-state index is -0.507. The number of benzene rings is 7. The molecule has 8 rings (SSSR count). The SMILES string of the molecule is N#Cc1cccc(-c2cc(-c3cccc4c3sc3ccccc34)ccc2Nc2cccc(C(N)NC(=NCc3ccccc3)c3ccccc3)c2)c1. The van der Waals surface area contributed by atoms with Crippen LogP contribution >= 0.6 is 11.3 Å². The molecule has 7 aromatic carbocycles. The first-order valence-corrected chi connectivity index (χ1v) is 18.0. The number of nitrogens with zero attached hydrogens (tertiary/aromatic N) is 2. The molecule has 250 valence electrons. The van der Waals surface area contributed by atoms with Crippen LogP contribution in [0.4, 0.5) is 11.4 Å². The molecule has 0 saturated carbocycles. The van der Waals surface area contributed by atoms with Gasteiger partial charge in [-0.15, -0.1) is 11.3 Å². The quantitative estimate of drug-likeness (QED) is 0.0800. The van der Waals surface area contributed by atoms with Gasteiger partial charge >= 0.3 is 0 Å². The van der Waals surface area contributed by atoms with Crippen LogP contribution in [0.3, 0.4) is 0 Å². The normalized spacial score (nSPS) is 12.0. The van der Waals surface area contributed by atoms with E-state index in [2.05, 4.69) is 102 Å². The van der Waals surface area contributed by atoms with Crippen molar-refractivity contribution in [3.8, 4) is 28.3 Å². The Kier molecular flexibility index (Phi) is 9.27. The lowest BCUT2D eigenvalue weighted by atomic mass is 9.95.